The molecule has 1 rings (SSSR count). The first-order valence-electron chi connectivity index (χ1n) is 8.09. The number of para-hydroxylation sites is 1. The lowest BCUT2D eigenvalue weighted by molar-refractivity contribution is -0.129. The van der Waals surface area contributed by atoms with Crippen LogP contribution in [0.5, 0.6) is 5.75 Å². The largest absolute Gasteiger partial charge is 0.496 e. The maximum atomic E-state index is 12.5. The van der Waals surface area contributed by atoms with E-state index >= 15 is 0 Å². The van der Waals surface area contributed by atoms with E-state index in [0.717, 1.165) is 5.56 Å². The lowest BCUT2D eigenvalue weighted by Crippen LogP contribution is -2.40. The minimum absolute atomic E-state index is 0.208. The molecule has 5 heteroatoms. The Kier molecular flexibility index (Phi) is 7.01. The number of amides is 2. The number of nitrogens with one attached hydrogen (secondary N) is 2. The zero-order chi connectivity index (χ0) is 18.3. The van der Waals surface area contributed by atoms with Crippen LogP contribution < -0.4 is 15.4 Å². The van der Waals surface area contributed by atoms with E-state index in [1.807, 2.05) is 32.0 Å². The molecule has 0 aliphatic rings. The zero-order valence-electron chi connectivity index (χ0n) is 15.4. The van der Waals surface area contributed by atoms with Gasteiger partial charge >= 0.3 is 0 Å². The van der Waals surface area contributed by atoms with Crippen LogP contribution in [0.4, 0.5) is 0 Å². The van der Waals surface area contributed by atoms with Gasteiger partial charge in [0.1, 0.15) is 11.4 Å². The SMILES string of the molecule is COc1ccccc1/C=C(/NC(=O)C(C)(C)C)C(=O)NCC(C)C. The van der Waals surface area contributed by atoms with Crippen molar-refractivity contribution < 1.29 is 14.3 Å². The predicted molar refractivity (Wildman–Crippen MR) is 96.4 cm³/mol. The average Bonchev–Trinajstić information content (AvgIpc) is 2.51. The number of ether oxygens (including phenoxy) is 1. The Morgan fingerprint density at radius 2 is 1.83 bits per heavy atom. The maximum absolute atomic E-state index is 12.5. The van der Waals surface area contributed by atoms with Crippen molar-refractivity contribution in [2.45, 2.75) is 34.6 Å². The van der Waals surface area contributed by atoms with Gasteiger partial charge in [0.05, 0.1) is 7.11 Å². The van der Waals surface area contributed by atoms with Gasteiger partial charge < -0.3 is 15.4 Å². The van der Waals surface area contributed by atoms with Crippen molar-refractivity contribution in [2.75, 3.05) is 13.7 Å². The molecule has 0 atom stereocenters. The summed E-state index contributed by atoms with van der Waals surface area (Å²) < 4.78 is 5.31. The van der Waals surface area contributed by atoms with Gasteiger partial charge in [-0.05, 0) is 18.1 Å². The van der Waals surface area contributed by atoms with E-state index in [1.54, 1.807) is 40.0 Å². The van der Waals surface area contributed by atoms with Gasteiger partial charge in [0.2, 0.25) is 5.91 Å². The Bertz CT molecular complexity index is 613. The van der Waals surface area contributed by atoms with Crippen LogP contribution in [0.15, 0.2) is 30.0 Å². The van der Waals surface area contributed by atoms with Crippen LogP contribution in [0.2, 0.25) is 0 Å². The Morgan fingerprint density at radius 1 is 1.21 bits per heavy atom. The summed E-state index contributed by atoms with van der Waals surface area (Å²) in [7, 11) is 1.57. The van der Waals surface area contributed by atoms with E-state index in [0.29, 0.717) is 18.2 Å². The van der Waals surface area contributed by atoms with Crippen molar-refractivity contribution in [1.82, 2.24) is 10.6 Å². The molecule has 1 aromatic carbocycles. The van der Waals surface area contributed by atoms with Crippen molar-refractivity contribution in [1.29, 1.82) is 0 Å². The Balaban J connectivity index is 3.14. The van der Waals surface area contributed by atoms with Gasteiger partial charge in [-0.15, -0.1) is 0 Å². The van der Waals surface area contributed by atoms with E-state index in [4.69, 9.17) is 4.74 Å². The van der Waals surface area contributed by atoms with Gasteiger partial charge in [-0.3, -0.25) is 9.59 Å². The van der Waals surface area contributed by atoms with Crippen LogP contribution in [0.25, 0.3) is 6.08 Å². The number of methoxy groups -OCH3 is 1. The molecule has 0 saturated heterocycles. The lowest BCUT2D eigenvalue weighted by atomic mass is 9.95. The molecule has 0 bridgehead atoms. The summed E-state index contributed by atoms with van der Waals surface area (Å²) in [6.45, 7) is 9.96. The molecule has 0 fully saturated rings. The molecule has 0 aliphatic heterocycles. The van der Waals surface area contributed by atoms with E-state index in [1.165, 1.54) is 0 Å². The summed E-state index contributed by atoms with van der Waals surface area (Å²) >= 11 is 0. The normalized spacial score (nSPS) is 12.0. The number of carbonyl (C=O) groups is 2. The highest BCUT2D eigenvalue weighted by atomic mass is 16.5. The van der Waals surface area contributed by atoms with Gasteiger partial charge in [-0.1, -0.05) is 52.8 Å². The van der Waals surface area contributed by atoms with E-state index in [2.05, 4.69) is 10.6 Å². The number of rotatable bonds is 6. The van der Waals surface area contributed by atoms with Gasteiger partial charge in [0.15, 0.2) is 0 Å². The number of hydrogen-bond acceptors (Lipinski definition) is 3. The predicted octanol–water partition coefficient (Wildman–Crippen LogP) is 2.97. The first-order chi connectivity index (χ1) is 11.1. The van der Waals surface area contributed by atoms with E-state index < -0.39 is 5.41 Å². The van der Waals surface area contributed by atoms with E-state index in [-0.39, 0.29) is 17.5 Å². The standard InChI is InChI=1S/C19H28N2O3/c1-13(2)12-20-17(22)15(21-18(23)19(3,4)5)11-14-9-7-8-10-16(14)24-6/h7-11,13H,12H2,1-6H3,(H,20,22)(H,21,23)/b15-11+. The molecule has 0 aliphatic carbocycles. The van der Waals surface area contributed by atoms with Crippen molar-refractivity contribution in [3.8, 4) is 5.75 Å². The Morgan fingerprint density at radius 3 is 2.38 bits per heavy atom. The highest BCUT2D eigenvalue weighted by Crippen LogP contribution is 2.21. The maximum Gasteiger partial charge on any atom is 0.267 e. The summed E-state index contributed by atoms with van der Waals surface area (Å²) in [6.07, 6.45) is 1.64. The second kappa shape index (κ2) is 8.52. The number of carbonyl (C=O) groups excluding carboxylic acids is 2. The molecule has 1 aromatic rings. The molecular formula is C19H28N2O3. The molecular weight excluding hydrogens is 304 g/mol. The quantitative estimate of drug-likeness (QED) is 0.787. The molecule has 0 radical (unpaired) electrons. The molecule has 5 nitrogen and oxygen atoms in total. The number of benzene rings is 1. The summed E-state index contributed by atoms with van der Waals surface area (Å²) in [5.41, 5.74) is 0.335. The average molecular weight is 332 g/mol. The zero-order valence-corrected chi connectivity index (χ0v) is 15.4. The molecule has 132 valence electrons. The second-order valence-electron chi connectivity index (χ2n) is 7.11. The summed E-state index contributed by atoms with van der Waals surface area (Å²) in [6, 6.07) is 7.34. The van der Waals surface area contributed by atoms with Crippen molar-refractivity contribution >= 4 is 17.9 Å². The van der Waals surface area contributed by atoms with Crippen LogP contribution >= 0.6 is 0 Å². The molecule has 0 spiro atoms. The van der Waals surface area contributed by atoms with Crippen molar-refractivity contribution in [2.24, 2.45) is 11.3 Å². The Labute approximate surface area is 144 Å². The lowest BCUT2D eigenvalue weighted by Gasteiger charge is -2.20. The van der Waals surface area contributed by atoms with Crippen LogP contribution in [0.3, 0.4) is 0 Å². The van der Waals surface area contributed by atoms with E-state index in [9.17, 15) is 9.59 Å². The van der Waals surface area contributed by atoms with Crippen LogP contribution in [-0.2, 0) is 9.59 Å². The smallest absolute Gasteiger partial charge is 0.267 e. The monoisotopic (exact) mass is 332 g/mol. The minimum atomic E-state index is -0.599. The highest BCUT2D eigenvalue weighted by Gasteiger charge is 2.24. The third kappa shape index (κ3) is 6.07. The van der Waals surface area contributed by atoms with Gasteiger partial charge in [0, 0.05) is 17.5 Å². The highest BCUT2D eigenvalue weighted by molar-refractivity contribution is 6.02. The van der Waals surface area contributed by atoms with Crippen molar-refractivity contribution in [3.63, 3.8) is 0 Å². The molecule has 0 heterocycles. The first-order valence-corrected chi connectivity index (χ1v) is 8.09. The van der Waals surface area contributed by atoms with Crippen LogP contribution in [-0.4, -0.2) is 25.5 Å². The topological polar surface area (TPSA) is 67.4 Å². The number of hydrogen-bond donors (Lipinski definition) is 2. The van der Waals surface area contributed by atoms with Crippen LogP contribution in [0, 0.1) is 11.3 Å². The molecule has 2 N–H and O–H groups in total. The van der Waals surface area contributed by atoms with Crippen LogP contribution in [0.1, 0.15) is 40.2 Å². The molecule has 0 aromatic heterocycles. The van der Waals surface area contributed by atoms with Gasteiger partial charge in [-0.25, -0.2) is 0 Å². The fourth-order valence-electron chi connectivity index (χ4n) is 1.80. The van der Waals surface area contributed by atoms with Crippen molar-refractivity contribution in [3.05, 3.63) is 35.5 Å². The van der Waals surface area contributed by atoms with Gasteiger partial charge in [0.25, 0.3) is 5.91 Å². The summed E-state index contributed by atoms with van der Waals surface area (Å²) in [4.78, 5) is 24.8. The third-order valence-corrected chi connectivity index (χ3v) is 3.28. The van der Waals surface area contributed by atoms with Gasteiger partial charge in [-0.2, -0.15) is 0 Å². The fourth-order valence-corrected chi connectivity index (χ4v) is 1.80. The molecule has 24 heavy (non-hydrogen) atoms. The summed E-state index contributed by atoms with van der Waals surface area (Å²) in [5, 5.41) is 5.57. The molecule has 0 saturated carbocycles. The molecule has 2 amide bonds. The minimum Gasteiger partial charge on any atom is -0.496 e. The fraction of sp³-hybridized carbons (Fsp3) is 0.474. The first kappa shape index (κ1) is 19.7. The third-order valence-electron chi connectivity index (χ3n) is 3.28. The molecule has 0 unspecified atom stereocenters. The summed E-state index contributed by atoms with van der Waals surface area (Å²) in [5.74, 6) is 0.423. The Hall–Kier alpha value is -2.30. The second-order valence-corrected chi connectivity index (χ2v) is 7.11.